The standard InChI is InChI=1S/C17H17Cl2N3O2/c18-12-4-3-10(8-13(12)19)17(24)22-7-5-14(20)11(9-22)16-15(23)2-1-6-21-16/h3-4,8,20-21H,1-2,5-7,9H2/b16-11-,20-14?. The summed E-state index contributed by atoms with van der Waals surface area (Å²) in [6.07, 6.45) is 1.72. The first-order chi connectivity index (χ1) is 11.5. The Bertz CT molecular complexity index is 758. The van der Waals surface area contributed by atoms with E-state index in [0.29, 0.717) is 52.0 Å². The molecule has 5 nitrogen and oxygen atoms in total. The van der Waals surface area contributed by atoms with E-state index >= 15 is 0 Å². The number of rotatable bonds is 1. The van der Waals surface area contributed by atoms with E-state index < -0.39 is 0 Å². The molecule has 0 radical (unpaired) electrons. The van der Waals surface area contributed by atoms with E-state index in [2.05, 4.69) is 5.32 Å². The van der Waals surface area contributed by atoms with Crippen molar-refractivity contribution in [2.75, 3.05) is 19.6 Å². The summed E-state index contributed by atoms with van der Waals surface area (Å²) >= 11 is 11.9. The Morgan fingerprint density at radius 2 is 2.00 bits per heavy atom. The molecule has 2 saturated heterocycles. The molecule has 0 aromatic heterocycles. The molecule has 0 unspecified atom stereocenters. The first-order valence-corrected chi connectivity index (χ1v) is 8.55. The molecular formula is C17H17Cl2N3O2. The molecule has 7 heteroatoms. The molecular weight excluding hydrogens is 349 g/mol. The Morgan fingerprint density at radius 3 is 2.71 bits per heavy atom. The lowest BCUT2D eigenvalue weighted by Gasteiger charge is -2.32. The van der Waals surface area contributed by atoms with Crippen LogP contribution in [-0.2, 0) is 4.79 Å². The number of halogens is 2. The molecule has 0 saturated carbocycles. The van der Waals surface area contributed by atoms with Crippen molar-refractivity contribution < 1.29 is 9.59 Å². The highest BCUT2D eigenvalue weighted by molar-refractivity contribution is 6.42. The molecule has 24 heavy (non-hydrogen) atoms. The molecule has 2 heterocycles. The third-order valence-corrected chi connectivity index (χ3v) is 5.00. The summed E-state index contributed by atoms with van der Waals surface area (Å²) < 4.78 is 0. The van der Waals surface area contributed by atoms with Gasteiger partial charge in [0.2, 0.25) is 0 Å². The van der Waals surface area contributed by atoms with Crippen LogP contribution in [0.2, 0.25) is 10.0 Å². The van der Waals surface area contributed by atoms with Gasteiger partial charge in [0.05, 0.1) is 15.7 Å². The van der Waals surface area contributed by atoms with Crippen LogP contribution >= 0.6 is 23.2 Å². The monoisotopic (exact) mass is 365 g/mol. The van der Waals surface area contributed by atoms with Crippen LogP contribution in [0.3, 0.4) is 0 Å². The molecule has 0 spiro atoms. The normalized spacial score (nSPS) is 21.7. The van der Waals surface area contributed by atoms with Crippen LogP contribution in [-0.4, -0.2) is 41.9 Å². The van der Waals surface area contributed by atoms with Gasteiger partial charge >= 0.3 is 0 Å². The van der Waals surface area contributed by atoms with E-state index in [1.54, 1.807) is 23.1 Å². The van der Waals surface area contributed by atoms with Gasteiger partial charge in [-0.1, -0.05) is 23.2 Å². The molecule has 1 aromatic rings. The Hall–Kier alpha value is -1.85. The van der Waals surface area contributed by atoms with Crippen LogP contribution in [0.15, 0.2) is 29.5 Å². The van der Waals surface area contributed by atoms with Crippen molar-refractivity contribution in [2.45, 2.75) is 19.3 Å². The fourth-order valence-corrected chi connectivity index (χ4v) is 3.24. The molecule has 0 atom stereocenters. The van der Waals surface area contributed by atoms with E-state index in [0.717, 1.165) is 13.0 Å². The number of Topliss-reactive ketones (excluding diaryl/α,β-unsaturated/α-hetero) is 1. The number of carbonyl (C=O) groups excluding carboxylic acids is 2. The molecule has 0 aliphatic carbocycles. The van der Waals surface area contributed by atoms with Gasteiger partial charge in [-0.25, -0.2) is 0 Å². The zero-order valence-corrected chi connectivity index (χ0v) is 14.5. The summed E-state index contributed by atoms with van der Waals surface area (Å²) in [4.78, 5) is 26.5. The van der Waals surface area contributed by atoms with Gasteiger partial charge in [-0.3, -0.25) is 9.59 Å². The average Bonchev–Trinajstić information content (AvgIpc) is 2.58. The Kier molecular flexibility index (Phi) is 4.92. The number of likely N-dealkylation sites (tertiary alicyclic amines) is 1. The SMILES string of the molecule is N=C1CCN(C(=O)c2ccc(Cl)c(Cl)c2)C/C1=C1/NCCCC1=O. The number of ketones is 1. The minimum absolute atomic E-state index is 0.0184. The van der Waals surface area contributed by atoms with Gasteiger partial charge in [-0.2, -0.15) is 0 Å². The highest BCUT2D eigenvalue weighted by Gasteiger charge is 2.29. The number of nitrogens with zero attached hydrogens (tertiary/aromatic N) is 1. The Labute approximate surface area is 150 Å². The first kappa shape index (κ1) is 17.0. The fraction of sp³-hybridized carbons (Fsp3) is 0.353. The van der Waals surface area contributed by atoms with Gasteiger partial charge in [0.1, 0.15) is 0 Å². The highest BCUT2D eigenvalue weighted by atomic mass is 35.5. The van der Waals surface area contributed by atoms with E-state index in [-0.39, 0.29) is 18.2 Å². The van der Waals surface area contributed by atoms with Gasteiger partial charge in [0, 0.05) is 49.3 Å². The van der Waals surface area contributed by atoms with E-state index in [1.807, 2.05) is 0 Å². The number of hydrogen-bond donors (Lipinski definition) is 2. The zero-order chi connectivity index (χ0) is 17.3. The van der Waals surface area contributed by atoms with Crippen molar-refractivity contribution in [3.05, 3.63) is 45.1 Å². The third-order valence-electron chi connectivity index (χ3n) is 4.26. The quantitative estimate of drug-likeness (QED) is 0.751. The number of hydrogen-bond acceptors (Lipinski definition) is 4. The maximum absolute atomic E-state index is 12.7. The fourth-order valence-electron chi connectivity index (χ4n) is 2.94. The van der Waals surface area contributed by atoms with Crippen LogP contribution in [0.25, 0.3) is 0 Å². The predicted molar refractivity (Wildman–Crippen MR) is 94.0 cm³/mol. The topological polar surface area (TPSA) is 73.3 Å². The van der Waals surface area contributed by atoms with Gasteiger partial charge in [0.15, 0.2) is 5.78 Å². The largest absolute Gasteiger partial charge is 0.382 e. The van der Waals surface area contributed by atoms with Crippen LogP contribution < -0.4 is 5.32 Å². The molecule has 2 aliphatic rings. The lowest BCUT2D eigenvalue weighted by molar-refractivity contribution is -0.116. The van der Waals surface area contributed by atoms with Gasteiger partial charge in [-0.15, -0.1) is 0 Å². The minimum Gasteiger partial charge on any atom is -0.382 e. The number of benzene rings is 1. The lowest BCUT2D eigenvalue weighted by atomic mass is 9.95. The smallest absolute Gasteiger partial charge is 0.254 e. The molecule has 2 N–H and O–H groups in total. The van der Waals surface area contributed by atoms with Crippen LogP contribution in [0.4, 0.5) is 0 Å². The summed E-state index contributed by atoms with van der Waals surface area (Å²) in [5, 5.41) is 12.0. The van der Waals surface area contributed by atoms with Crippen molar-refractivity contribution in [1.29, 1.82) is 5.41 Å². The van der Waals surface area contributed by atoms with Crippen molar-refractivity contribution in [2.24, 2.45) is 0 Å². The van der Waals surface area contributed by atoms with Crippen molar-refractivity contribution in [3.63, 3.8) is 0 Å². The Balaban J connectivity index is 1.86. The second-order valence-electron chi connectivity index (χ2n) is 5.89. The summed E-state index contributed by atoms with van der Waals surface area (Å²) in [5.74, 6) is -0.160. The summed E-state index contributed by atoms with van der Waals surface area (Å²) in [7, 11) is 0. The molecule has 2 aliphatic heterocycles. The van der Waals surface area contributed by atoms with Crippen LogP contribution in [0.5, 0.6) is 0 Å². The molecule has 1 amide bonds. The number of carbonyl (C=O) groups is 2. The van der Waals surface area contributed by atoms with Crippen LogP contribution in [0.1, 0.15) is 29.6 Å². The van der Waals surface area contributed by atoms with Crippen molar-refractivity contribution in [3.8, 4) is 0 Å². The second-order valence-corrected chi connectivity index (χ2v) is 6.71. The third kappa shape index (κ3) is 3.32. The molecule has 1 aromatic carbocycles. The first-order valence-electron chi connectivity index (χ1n) is 7.79. The molecule has 2 fully saturated rings. The number of nitrogens with one attached hydrogen (secondary N) is 2. The van der Waals surface area contributed by atoms with Crippen molar-refractivity contribution in [1.82, 2.24) is 10.2 Å². The summed E-state index contributed by atoms with van der Waals surface area (Å²) in [5.41, 5.74) is 1.99. The van der Waals surface area contributed by atoms with Crippen molar-refractivity contribution >= 4 is 40.6 Å². The highest BCUT2D eigenvalue weighted by Crippen LogP contribution is 2.25. The zero-order valence-electron chi connectivity index (χ0n) is 13.0. The molecule has 3 rings (SSSR count). The van der Waals surface area contributed by atoms with Gasteiger partial charge in [0.25, 0.3) is 5.91 Å². The number of piperidine rings is 2. The van der Waals surface area contributed by atoms with E-state index in [1.165, 1.54) is 0 Å². The molecule has 0 bridgehead atoms. The Morgan fingerprint density at radius 1 is 1.21 bits per heavy atom. The maximum atomic E-state index is 12.7. The summed E-state index contributed by atoms with van der Waals surface area (Å²) in [6, 6.07) is 4.77. The summed E-state index contributed by atoms with van der Waals surface area (Å²) in [6.45, 7) is 1.42. The number of amides is 1. The van der Waals surface area contributed by atoms with E-state index in [4.69, 9.17) is 28.6 Å². The van der Waals surface area contributed by atoms with Crippen LogP contribution in [0, 0.1) is 5.41 Å². The predicted octanol–water partition coefficient (Wildman–Crippen LogP) is 3.07. The lowest BCUT2D eigenvalue weighted by Crippen LogP contribution is -2.43. The number of allylic oxidation sites excluding steroid dienone is 1. The second kappa shape index (κ2) is 6.95. The average molecular weight is 366 g/mol. The van der Waals surface area contributed by atoms with Gasteiger partial charge in [-0.05, 0) is 24.6 Å². The molecule has 126 valence electrons. The van der Waals surface area contributed by atoms with Gasteiger partial charge < -0.3 is 15.6 Å². The maximum Gasteiger partial charge on any atom is 0.254 e. The van der Waals surface area contributed by atoms with E-state index in [9.17, 15) is 9.59 Å². The minimum atomic E-state index is -0.178.